The van der Waals surface area contributed by atoms with Crippen LogP contribution < -0.4 is 5.32 Å². The predicted molar refractivity (Wildman–Crippen MR) is 84.7 cm³/mol. The lowest BCUT2D eigenvalue weighted by Crippen LogP contribution is -2.07. The van der Waals surface area contributed by atoms with Crippen LogP contribution in [0.5, 0.6) is 0 Å². The molecule has 0 aliphatic carbocycles. The molecule has 24 heavy (non-hydrogen) atoms. The summed E-state index contributed by atoms with van der Waals surface area (Å²) >= 11 is 0. The molecule has 3 aromatic rings. The largest absolute Gasteiger partial charge is 0.369 e. The van der Waals surface area contributed by atoms with Crippen molar-refractivity contribution in [1.29, 1.82) is 0 Å². The number of halogens is 2. The van der Waals surface area contributed by atoms with Crippen LogP contribution in [0.4, 0.5) is 20.3 Å². The molecule has 2 aromatic carbocycles. The molecule has 0 amide bonds. The number of anilines is 1. The van der Waals surface area contributed by atoms with Gasteiger partial charge in [-0.1, -0.05) is 12.1 Å². The highest BCUT2D eigenvalue weighted by Gasteiger charge is 2.10. The summed E-state index contributed by atoms with van der Waals surface area (Å²) in [4.78, 5) is 18.3. The van der Waals surface area contributed by atoms with Crippen molar-refractivity contribution in [3.8, 4) is 0 Å². The Labute approximate surface area is 135 Å². The highest BCUT2D eigenvalue weighted by Crippen LogP contribution is 2.22. The van der Waals surface area contributed by atoms with Crippen LogP contribution in [0.25, 0.3) is 10.9 Å². The lowest BCUT2D eigenvalue weighted by molar-refractivity contribution is -0.384. The SMILES string of the molecule is O=[N+]([O-])c1cccc(CCNc2ncnc3cc(F)c(F)cc23)c1. The van der Waals surface area contributed by atoms with E-state index in [9.17, 15) is 18.9 Å². The number of hydrogen-bond acceptors (Lipinski definition) is 5. The second-order valence-electron chi connectivity index (χ2n) is 5.11. The Morgan fingerprint density at radius 3 is 2.71 bits per heavy atom. The van der Waals surface area contributed by atoms with Crippen molar-refractivity contribution in [3.63, 3.8) is 0 Å². The number of aromatic nitrogens is 2. The van der Waals surface area contributed by atoms with E-state index in [4.69, 9.17) is 0 Å². The van der Waals surface area contributed by atoms with E-state index in [1.165, 1.54) is 18.5 Å². The van der Waals surface area contributed by atoms with Gasteiger partial charge in [-0.05, 0) is 18.1 Å². The first kappa shape index (κ1) is 15.7. The van der Waals surface area contributed by atoms with Gasteiger partial charge in [0.25, 0.3) is 5.69 Å². The molecule has 122 valence electrons. The fourth-order valence-corrected chi connectivity index (χ4v) is 2.34. The molecule has 1 aromatic heterocycles. The van der Waals surface area contributed by atoms with E-state index < -0.39 is 16.6 Å². The number of hydrogen-bond donors (Lipinski definition) is 1. The maximum Gasteiger partial charge on any atom is 0.269 e. The van der Waals surface area contributed by atoms with E-state index in [-0.39, 0.29) is 5.69 Å². The molecule has 0 aliphatic rings. The number of nitrogens with one attached hydrogen (secondary N) is 1. The van der Waals surface area contributed by atoms with Gasteiger partial charge < -0.3 is 5.32 Å². The summed E-state index contributed by atoms with van der Waals surface area (Å²) in [7, 11) is 0. The van der Waals surface area contributed by atoms with Gasteiger partial charge in [0.1, 0.15) is 12.1 Å². The van der Waals surface area contributed by atoms with E-state index in [0.29, 0.717) is 29.7 Å². The first-order chi connectivity index (χ1) is 11.5. The zero-order valence-corrected chi connectivity index (χ0v) is 12.4. The smallest absolute Gasteiger partial charge is 0.269 e. The highest BCUT2D eigenvalue weighted by molar-refractivity contribution is 5.88. The van der Waals surface area contributed by atoms with Gasteiger partial charge in [-0.2, -0.15) is 0 Å². The van der Waals surface area contributed by atoms with Crippen molar-refractivity contribution in [2.24, 2.45) is 0 Å². The van der Waals surface area contributed by atoms with Crippen molar-refractivity contribution < 1.29 is 13.7 Å². The maximum absolute atomic E-state index is 13.4. The molecular weight excluding hydrogens is 318 g/mol. The lowest BCUT2D eigenvalue weighted by Gasteiger charge is -2.08. The molecule has 0 saturated carbocycles. The van der Waals surface area contributed by atoms with E-state index in [2.05, 4.69) is 15.3 Å². The standard InChI is InChI=1S/C16H12F2N4O2/c17-13-7-12-15(8-14(13)18)20-9-21-16(12)19-5-4-10-2-1-3-11(6-10)22(23)24/h1-3,6-9H,4-5H2,(H,19,20,21). The Kier molecular flexibility index (Phi) is 4.28. The quantitative estimate of drug-likeness (QED) is 0.572. The number of nitro benzene ring substituents is 1. The summed E-state index contributed by atoms with van der Waals surface area (Å²) in [5.74, 6) is -1.56. The third-order valence-electron chi connectivity index (χ3n) is 3.50. The van der Waals surface area contributed by atoms with E-state index >= 15 is 0 Å². The van der Waals surface area contributed by atoms with Crippen LogP contribution in [0.1, 0.15) is 5.56 Å². The van der Waals surface area contributed by atoms with Gasteiger partial charge in [-0.3, -0.25) is 10.1 Å². The molecule has 0 bridgehead atoms. The third kappa shape index (κ3) is 3.27. The molecule has 1 N–H and O–H groups in total. The summed E-state index contributed by atoms with van der Waals surface area (Å²) in [5, 5.41) is 14.2. The van der Waals surface area contributed by atoms with Crippen molar-refractivity contribution >= 4 is 22.4 Å². The Morgan fingerprint density at radius 1 is 1.12 bits per heavy atom. The highest BCUT2D eigenvalue weighted by atomic mass is 19.2. The molecule has 0 fully saturated rings. The Morgan fingerprint density at radius 2 is 1.92 bits per heavy atom. The van der Waals surface area contributed by atoms with Crippen LogP contribution in [0.3, 0.4) is 0 Å². The van der Waals surface area contributed by atoms with E-state index in [0.717, 1.165) is 17.7 Å². The van der Waals surface area contributed by atoms with Crippen LogP contribution in [-0.4, -0.2) is 21.4 Å². The zero-order chi connectivity index (χ0) is 17.1. The average Bonchev–Trinajstić information content (AvgIpc) is 2.57. The van der Waals surface area contributed by atoms with Gasteiger partial charge in [0.2, 0.25) is 0 Å². The predicted octanol–water partition coefficient (Wildman–Crippen LogP) is 3.47. The minimum absolute atomic E-state index is 0.0255. The van der Waals surface area contributed by atoms with Crippen LogP contribution in [-0.2, 0) is 6.42 Å². The monoisotopic (exact) mass is 330 g/mol. The number of fused-ring (bicyclic) bond motifs is 1. The first-order valence-electron chi connectivity index (χ1n) is 7.11. The number of nitro groups is 1. The van der Waals surface area contributed by atoms with Crippen molar-refractivity contribution in [2.75, 3.05) is 11.9 Å². The minimum atomic E-state index is -0.973. The minimum Gasteiger partial charge on any atom is -0.369 e. The molecule has 6 nitrogen and oxygen atoms in total. The molecule has 0 saturated heterocycles. The summed E-state index contributed by atoms with van der Waals surface area (Å²) in [5.41, 5.74) is 1.10. The Balaban J connectivity index is 1.75. The van der Waals surface area contributed by atoms with Crippen molar-refractivity contribution in [2.45, 2.75) is 6.42 Å². The fourth-order valence-electron chi connectivity index (χ4n) is 2.34. The number of nitrogens with zero attached hydrogens (tertiary/aromatic N) is 3. The molecule has 0 atom stereocenters. The van der Waals surface area contributed by atoms with Crippen molar-refractivity contribution in [1.82, 2.24) is 9.97 Å². The van der Waals surface area contributed by atoms with Gasteiger partial charge in [0, 0.05) is 30.1 Å². The Hall–Kier alpha value is -3.16. The van der Waals surface area contributed by atoms with Crippen LogP contribution in [0.15, 0.2) is 42.7 Å². The summed E-state index contributed by atoms with van der Waals surface area (Å²) in [6.45, 7) is 0.423. The number of rotatable bonds is 5. The summed E-state index contributed by atoms with van der Waals surface area (Å²) in [6.07, 6.45) is 1.77. The second kappa shape index (κ2) is 6.53. The third-order valence-corrected chi connectivity index (χ3v) is 3.50. The van der Waals surface area contributed by atoms with E-state index in [1.54, 1.807) is 12.1 Å². The molecule has 0 unspecified atom stereocenters. The zero-order valence-electron chi connectivity index (χ0n) is 12.4. The average molecular weight is 330 g/mol. The van der Waals surface area contributed by atoms with Gasteiger partial charge in [0.15, 0.2) is 11.6 Å². The lowest BCUT2D eigenvalue weighted by atomic mass is 10.1. The van der Waals surface area contributed by atoms with Crippen molar-refractivity contribution in [3.05, 3.63) is 70.0 Å². The topological polar surface area (TPSA) is 81.0 Å². The molecule has 0 aliphatic heterocycles. The summed E-state index contributed by atoms with van der Waals surface area (Å²) < 4.78 is 26.7. The molecule has 1 heterocycles. The van der Waals surface area contributed by atoms with Gasteiger partial charge in [-0.25, -0.2) is 18.7 Å². The van der Waals surface area contributed by atoms with Crippen LogP contribution in [0.2, 0.25) is 0 Å². The van der Waals surface area contributed by atoms with Gasteiger partial charge >= 0.3 is 0 Å². The van der Waals surface area contributed by atoms with Crippen LogP contribution in [0, 0.1) is 21.7 Å². The van der Waals surface area contributed by atoms with Gasteiger partial charge in [0.05, 0.1) is 10.4 Å². The number of benzene rings is 2. The molecular formula is C16H12F2N4O2. The van der Waals surface area contributed by atoms with E-state index in [1.807, 2.05) is 0 Å². The summed E-state index contributed by atoms with van der Waals surface area (Å²) in [6, 6.07) is 8.37. The Bertz CT molecular complexity index is 918. The fraction of sp³-hybridized carbons (Fsp3) is 0.125. The normalized spacial score (nSPS) is 10.8. The second-order valence-corrected chi connectivity index (χ2v) is 5.11. The molecule has 8 heteroatoms. The number of non-ortho nitro benzene ring substituents is 1. The van der Waals surface area contributed by atoms with Crippen LogP contribution >= 0.6 is 0 Å². The molecule has 3 rings (SSSR count). The molecule has 0 radical (unpaired) electrons. The maximum atomic E-state index is 13.4. The molecule has 0 spiro atoms. The van der Waals surface area contributed by atoms with Gasteiger partial charge in [-0.15, -0.1) is 0 Å². The first-order valence-corrected chi connectivity index (χ1v) is 7.11.